The van der Waals surface area contributed by atoms with E-state index in [1.807, 2.05) is 31.2 Å². The number of rotatable bonds is 3. The molecule has 1 atom stereocenters. The lowest BCUT2D eigenvalue weighted by Crippen LogP contribution is -2.36. The first-order chi connectivity index (χ1) is 11.1. The Bertz CT molecular complexity index is 757. The fourth-order valence-corrected chi connectivity index (χ4v) is 2.87. The van der Waals surface area contributed by atoms with Gasteiger partial charge < -0.3 is 9.64 Å². The normalized spacial score (nSPS) is 16.1. The van der Waals surface area contributed by atoms with Gasteiger partial charge in [-0.05, 0) is 44.0 Å². The van der Waals surface area contributed by atoms with Crippen molar-refractivity contribution in [2.45, 2.75) is 26.3 Å². The smallest absolute Gasteiger partial charge is 0.356 e. The van der Waals surface area contributed by atoms with Crippen molar-refractivity contribution in [3.63, 3.8) is 0 Å². The number of amides is 1. The van der Waals surface area contributed by atoms with Gasteiger partial charge in [-0.25, -0.2) is 9.78 Å². The van der Waals surface area contributed by atoms with Crippen molar-refractivity contribution in [2.24, 2.45) is 0 Å². The van der Waals surface area contributed by atoms with Crippen LogP contribution in [-0.2, 0) is 11.2 Å². The molecule has 0 N–H and O–H groups in total. The highest BCUT2D eigenvalue weighted by molar-refractivity contribution is 6.07. The minimum Gasteiger partial charge on any atom is -0.461 e. The first kappa shape index (κ1) is 15.2. The van der Waals surface area contributed by atoms with Crippen LogP contribution in [-0.4, -0.2) is 29.5 Å². The molecule has 2 aromatic rings. The quantitative estimate of drug-likeness (QED) is 0.818. The van der Waals surface area contributed by atoms with Crippen LogP contribution in [0.2, 0.25) is 0 Å². The molecule has 0 saturated carbocycles. The second kappa shape index (κ2) is 6.20. The number of carbonyl (C=O) groups excluding carboxylic acids is 2. The Morgan fingerprint density at radius 1 is 1.17 bits per heavy atom. The Labute approximate surface area is 134 Å². The third-order valence-corrected chi connectivity index (χ3v) is 3.88. The van der Waals surface area contributed by atoms with Crippen LogP contribution in [0.25, 0.3) is 0 Å². The van der Waals surface area contributed by atoms with Crippen LogP contribution in [0.15, 0.2) is 42.5 Å². The largest absolute Gasteiger partial charge is 0.461 e. The number of benzene rings is 1. The molecule has 0 fully saturated rings. The zero-order chi connectivity index (χ0) is 16.4. The summed E-state index contributed by atoms with van der Waals surface area (Å²) >= 11 is 0. The molecule has 1 aromatic carbocycles. The van der Waals surface area contributed by atoms with Crippen LogP contribution in [0, 0.1) is 0 Å². The molecule has 1 amide bonds. The van der Waals surface area contributed by atoms with E-state index in [-0.39, 0.29) is 29.9 Å². The molecule has 1 unspecified atom stereocenters. The molecule has 0 spiro atoms. The number of aromatic nitrogens is 1. The molecule has 0 bridgehead atoms. The van der Waals surface area contributed by atoms with E-state index in [0.29, 0.717) is 0 Å². The SMILES string of the molecule is CCOC(=O)c1cccc(C(=O)N2c3ccccc3CC2C)n1. The van der Waals surface area contributed by atoms with Crippen LogP contribution in [0.1, 0.15) is 40.4 Å². The Morgan fingerprint density at radius 3 is 2.70 bits per heavy atom. The summed E-state index contributed by atoms with van der Waals surface area (Å²) in [5, 5.41) is 0. The van der Waals surface area contributed by atoms with Crippen molar-refractivity contribution in [3.8, 4) is 0 Å². The molecule has 5 nitrogen and oxygen atoms in total. The van der Waals surface area contributed by atoms with E-state index in [2.05, 4.69) is 4.98 Å². The standard InChI is InChI=1S/C18H18N2O3/c1-3-23-18(22)15-9-6-8-14(19-15)17(21)20-12(2)11-13-7-4-5-10-16(13)20/h4-10,12H,3,11H2,1-2H3. The van der Waals surface area contributed by atoms with Crippen molar-refractivity contribution >= 4 is 17.6 Å². The summed E-state index contributed by atoms with van der Waals surface area (Å²) in [6, 6.07) is 12.7. The first-order valence-electron chi connectivity index (χ1n) is 7.67. The van der Waals surface area contributed by atoms with Gasteiger partial charge in [0.15, 0.2) is 0 Å². The molecule has 3 rings (SSSR count). The van der Waals surface area contributed by atoms with Crippen molar-refractivity contribution in [1.82, 2.24) is 4.98 Å². The molecular weight excluding hydrogens is 292 g/mol. The zero-order valence-electron chi connectivity index (χ0n) is 13.2. The van der Waals surface area contributed by atoms with Gasteiger partial charge in [0.1, 0.15) is 11.4 Å². The average Bonchev–Trinajstić information content (AvgIpc) is 2.90. The summed E-state index contributed by atoms with van der Waals surface area (Å²) in [5.41, 5.74) is 2.46. The molecule has 1 aliphatic rings. The highest BCUT2D eigenvalue weighted by Gasteiger charge is 2.32. The summed E-state index contributed by atoms with van der Waals surface area (Å²) < 4.78 is 4.94. The third kappa shape index (κ3) is 2.82. The van der Waals surface area contributed by atoms with Crippen LogP contribution >= 0.6 is 0 Å². The van der Waals surface area contributed by atoms with Gasteiger partial charge >= 0.3 is 5.97 Å². The highest BCUT2D eigenvalue weighted by Crippen LogP contribution is 2.32. The molecule has 0 radical (unpaired) electrons. The monoisotopic (exact) mass is 310 g/mol. The van der Waals surface area contributed by atoms with E-state index in [4.69, 9.17) is 4.74 Å². The molecular formula is C18H18N2O3. The Morgan fingerprint density at radius 2 is 1.91 bits per heavy atom. The number of para-hydroxylation sites is 1. The Hall–Kier alpha value is -2.69. The number of hydrogen-bond acceptors (Lipinski definition) is 4. The molecule has 5 heteroatoms. The number of carbonyl (C=O) groups is 2. The van der Waals surface area contributed by atoms with Crippen molar-refractivity contribution in [2.75, 3.05) is 11.5 Å². The highest BCUT2D eigenvalue weighted by atomic mass is 16.5. The van der Waals surface area contributed by atoms with E-state index in [9.17, 15) is 9.59 Å². The lowest BCUT2D eigenvalue weighted by atomic mass is 10.1. The van der Waals surface area contributed by atoms with Crippen molar-refractivity contribution in [3.05, 3.63) is 59.4 Å². The lowest BCUT2D eigenvalue weighted by molar-refractivity contribution is 0.0519. The molecule has 1 aromatic heterocycles. The molecule has 23 heavy (non-hydrogen) atoms. The molecule has 0 aliphatic carbocycles. The summed E-state index contributed by atoms with van der Waals surface area (Å²) in [6.45, 7) is 4.01. The van der Waals surface area contributed by atoms with Crippen LogP contribution < -0.4 is 4.90 Å². The summed E-state index contributed by atoms with van der Waals surface area (Å²) in [7, 11) is 0. The number of ether oxygens (including phenoxy) is 1. The predicted octanol–water partition coefficient (Wildman–Crippen LogP) is 2.85. The van der Waals surface area contributed by atoms with Gasteiger partial charge in [-0.2, -0.15) is 0 Å². The predicted molar refractivity (Wildman–Crippen MR) is 86.6 cm³/mol. The number of pyridine rings is 1. The van der Waals surface area contributed by atoms with Gasteiger partial charge in [0, 0.05) is 11.7 Å². The maximum absolute atomic E-state index is 12.9. The van der Waals surface area contributed by atoms with Crippen LogP contribution in [0.5, 0.6) is 0 Å². The van der Waals surface area contributed by atoms with E-state index in [0.717, 1.165) is 17.7 Å². The van der Waals surface area contributed by atoms with E-state index >= 15 is 0 Å². The zero-order valence-corrected chi connectivity index (χ0v) is 13.2. The number of esters is 1. The number of fused-ring (bicyclic) bond motifs is 1. The van der Waals surface area contributed by atoms with Gasteiger partial charge in [0.2, 0.25) is 0 Å². The van der Waals surface area contributed by atoms with E-state index in [1.165, 1.54) is 0 Å². The third-order valence-electron chi connectivity index (χ3n) is 3.88. The number of anilines is 1. The van der Waals surface area contributed by atoms with Gasteiger partial charge in [-0.1, -0.05) is 24.3 Å². The molecule has 0 saturated heterocycles. The minimum absolute atomic E-state index is 0.0629. The van der Waals surface area contributed by atoms with Gasteiger partial charge in [-0.15, -0.1) is 0 Å². The van der Waals surface area contributed by atoms with Gasteiger partial charge in [0.05, 0.1) is 6.61 Å². The van der Waals surface area contributed by atoms with Gasteiger partial charge in [-0.3, -0.25) is 4.79 Å². The van der Waals surface area contributed by atoms with Crippen LogP contribution in [0.4, 0.5) is 5.69 Å². The fraction of sp³-hybridized carbons (Fsp3) is 0.278. The second-order valence-corrected chi connectivity index (χ2v) is 5.49. The summed E-state index contributed by atoms with van der Waals surface area (Å²) in [5.74, 6) is -0.717. The first-order valence-corrected chi connectivity index (χ1v) is 7.67. The fourth-order valence-electron chi connectivity index (χ4n) is 2.87. The molecule has 2 heterocycles. The Kier molecular flexibility index (Phi) is 4.10. The van der Waals surface area contributed by atoms with E-state index in [1.54, 1.807) is 30.0 Å². The molecule has 118 valence electrons. The van der Waals surface area contributed by atoms with Crippen molar-refractivity contribution < 1.29 is 14.3 Å². The molecule has 1 aliphatic heterocycles. The maximum Gasteiger partial charge on any atom is 0.356 e. The van der Waals surface area contributed by atoms with Crippen molar-refractivity contribution in [1.29, 1.82) is 0 Å². The minimum atomic E-state index is -0.517. The maximum atomic E-state index is 12.9. The van der Waals surface area contributed by atoms with Crippen LogP contribution in [0.3, 0.4) is 0 Å². The summed E-state index contributed by atoms with van der Waals surface area (Å²) in [4.78, 5) is 30.6. The summed E-state index contributed by atoms with van der Waals surface area (Å²) in [6.07, 6.45) is 0.819. The van der Waals surface area contributed by atoms with E-state index < -0.39 is 5.97 Å². The number of hydrogen-bond donors (Lipinski definition) is 0. The second-order valence-electron chi connectivity index (χ2n) is 5.49. The average molecular weight is 310 g/mol. The lowest BCUT2D eigenvalue weighted by Gasteiger charge is -2.22. The van der Waals surface area contributed by atoms with Gasteiger partial charge in [0.25, 0.3) is 5.91 Å². The Balaban J connectivity index is 1.92. The topological polar surface area (TPSA) is 59.5 Å². The number of nitrogens with zero attached hydrogens (tertiary/aromatic N) is 2.